The van der Waals surface area contributed by atoms with Crippen LogP contribution in [0.5, 0.6) is 0 Å². The summed E-state index contributed by atoms with van der Waals surface area (Å²) < 4.78 is 0. The number of hydrogen-bond acceptors (Lipinski definition) is 5. The minimum absolute atomic E-state index is 0.131. The number of aromatic nitrogens is 2. The van der Waals surface area contributed by atoms with Crippen molar-refractivity contribution < 1.29 is 0 Å². The van der Waals surface area contributed by atoms with Crippen molar-refractivity contribution in [2.75, 3.05) is 34.8 Å². The topological polar surface area (TPSA) is 56.3 Å². The predicted molar refractivity (Wildman–Crippen MR) is 160 cm³/mol. The van der Waals surface area contributed by atoms with Gasteiger partial charge in [0.1, 0.15) is 11.6 Å². The molecule has 0 bridgehead atoms. The van der Waals surface area contributed by atoms with E-state index < -0.39 is 0 Å². The highest BCUT2D eigenvalue weighted by molar-refractivity contribution is 7.80. The zero-order chi connectivity index (χ0) is 26.0. The van der Waals surface area contributed by atoms with Gasteiger partial charge in [0.2, 0.25) is 5.95 Å². The van der Waals surface area contributed by atoms with Crippen molar-refractivity contribution in [1.82, 2.24) is 15.3 Å². The SMILES string of the molecule is C[C@H]1CCCN(c2cc(N3Cc4ccccc4C3)nc(NC(=S)NCC3(c4ccccc4)CCCC3)n2)C1. The van der Waals surface area contributed by atoms with Crippen LogP contribution in [0.4, 0.5) is 17.6 Å². The van der Waals surface area contributed by atoms with Crippen molar-refractivity contribution in [3.63, 3.8) is 0 Å². The molecular weight excluding hydrogens is 488 g/mol. The molecule has 1 aliphatic carbocycles. The van der Waals surface area contributed by atoms with E-state index >= 15 is 0 Å². The van der Waals surface area contributed by atoms with E-state index in [2.05, 4.69) is 88.0 Å². The smallest absolute Gasteiger partial charge is 0.232 e. The molecule has 1 atom stereocenters. The number of thiocarbonyl (C=S) groups is 1. The van der Waals surface area contributed by atoms with E-state index in [1.54, 1.807) is 0 Å². The molecule has 3 aromatic rings. The van der Waals surface area contributed by atoms with E-state index in [0.717, 1.165) is 44.4 Å². The van der Waals surface area contributed by atoms with Gasteiger partial charge in [-0.25, -0.2) is 0 Å². The Hall–Kier alpha value is -3.19. The number of nitrogens with zero attached hydrogens (tertiary/aromatic N) is 4. The molecular formula is C31H38N6S. The fourth-order valence-electron chi connectivity index (χ4n) is 6.50. The van der Waals surface area contributed by atoms with Crippen molar-refractivity contribution in [1.29, 1.82) is 0 Å². The fraction of sp³-hybridized carbons (Fsp3) is 0.452. The normalized spacial score (nSPS) is 20.3. The number of hydrogen-bond donors (Lipinski definition) is 2. The second kappa shape index (κ2) is 10.9. The molecule has 198 valence electrons. The quantitative estimate of drug-likeness (QED) is 0.380. The maximum absolute atomic E-state index is 5.79. The molecule has 0 unspecified atom stereocenters. The Balaban J connectivity index is 1.21. The minimum atomic E-state index is 0.131. The van der Waals surface area contributed by atoms with E-state index in [1.165, 1.54) is 55.2 Å². The van der Waals surface area contributed by atoms with Gasteiger partial charge in [0, 0.05) is 44.2 Å². The molecule has 7 heteroatoms. The third-order valence-electron chi connectivity index (χ3n) is 8.60. The molecule has 2 aliphatic heterocycles. The summed E-state index contributed by atoms with van der Waals surface area (Å²) in [5, 5.41) is 7.48. The Labute approximate surface area is 231 Å². The first-order chi connectivity index (χ1) is 18.6. The molecule has 0 spiro atoms. The third-order valence-corrected chi connectivity index (χ3v) is 8.85. The van der Waals surface area contributed by atoms with Gasteiger partial charge in [0.05, 0.1) is 0 Å². The average molecular weight is 527 g/mol. The fourth-order valence-corrected chi connectivity index (χ4v) is 6.66. The van der Waals surface area contributed by atoms with Crippen LogP contribution in [0.15, 0.2) is 60.7 Å². The number of fused-ring (bicyclic) bond motifs is 1. The largest absolute Gasteiger partial charge is 0.361 e. The summed E-state index contributed by atoms with van der Waals surface area (Å²) in [6.45, 7) is 6.94. The Kier molecular flexibility index (Phi) is 7.20. The Morgan fingerprint density at radius 3 is 2.26 bits per heavy atom. The monoisotopic (exact) mass is 526 g/mol. The van der Waals surface area contributed by atoms with Crippen molar-refractivity contribution in [3.05, 3.63) is 77.4 Å². The molecule has 2 N–H and O–H groups in total. The molecule has 6 rings (SSSR count). The molecule has 38 heavy (non-hydrogen) atoms. The summed E-state index contributed by atoms with van der Waals surface area (Å²) in [6.07, 6.45) is 7.37. The molecule has 0 radical (unpaired) electrons. The Bertz CT molecular complexity index is 1250. The lowest BCUT2D eigenvalue weighted by molar-refractivity contribution is 0.435. The first kappa shape index (κ1) is 25.1. The van der Waals surface area contributed by atoms with Crippen LogP contribution in [0.2, 0.25) is 0 Å². The number of anilines is 3. The van der Waals surface area contributed by atoms with Gasteiger partial charge in [-0.3, -0.25) is 0 Å². The van der Waals surface area contributed by atoms with E-state index in [0.29, 0.717) is 17.0 Å². The highest BCUT2D eigenvalue weighted by Crippen LogP contribution is 2.40. The van der Waals surface area contributed by atoms with Gasteiger partial charge in [0.15, 0.2) is 5.11 Å². The first-order valence-corrected chi connectivity index (χ1v) is 14.5. The van der Waals surface area contributed by atoms with Crippen LogP contribution in [0.1, 0.15) is 62.1 Å². The van der Waals surface area contributed by atoms with Crippen LogP contribution >= 0.6 is 12.2 Å². The molecule has 2 aromatic carbocycles. The van der Waals surface area contributed by atoms with Crippen LogP contribution in [0, 0.1) is 5.92 Å². The third kappa shape index (κ3) is 5.35. The van der Waals surface area contributed by atoms with Crippen molar-refractivity contribution in [2.45, 2.75) is 64.0 Å². The molecule has 1 saturated heterocycles. The Morgan fingerprint density at radius 2 is 1.58 bits per heavy atom. The van der Waals surface area contributed by atoms with Crippen molar-refractivity contribution >= 4 is 34.9 Å². The van der Waals surface area contributed by atoms with Gasteiger partial charge >= 0.3 is 0 Å². The van der Waals surface area contributed by atoms with Gasteiger partial charge in [-0.05, 0) is 60.5 Å². The summed E-state index contributed by atoms with van der Waals surface area (Å²) in [7, 11) is 0. The number of nitrogens with one attached hydrogen (secondary N) is 2. The van der Waals surface area contributed by atoms with Crippen LogP contribution in [0.3, 0.4) is 0 Å². The van der Waals surface area contributed by atoms with Crippen LogP contribution in [-0.2, 0) is 18.5 Å². The molecule has 3 heterocycles. The maximum atomic E-state index is 5.79. The van der Waals surface area contributed by atoms with Crippen LogP contribution in [-0.4, -0.2) is 34.7 Å². The van der Waals surface area contributed by atoms with Gasteiger partial charge in [-0.1, -0.05) is 74.4 Å². The lowest BCUT2D eigenvalue weighted by Crippen LogP contribution is -2.41. The van der Waals surface area contributed by atoms with Crippen molar-refractivity contribution in [3.8, 4) is 0 Å². The Morgan fingerprint density at radius 1 is 0.921 bits per heavy atom. The second-order valence-corrected chi connectivity index (χ2v) is 11.8. The number of piperidine rings is 1. The van der Waals surface area contributed by atoms with Crippen molar-refractivity contribution in [2.24, 2.45) is 5.92 Å². The highest BCUT2D eigenvalue weighted by Gasteiger charge is 2.35. The van der Waals surface area contributed by atoms with E-state index in [4.69, 9.17) is 22.2 Å². The van der Waals surface area contributed by atoms with Gasteiger partial charge in [-0.15, -0.1) is 0 Å². The summed E-state index contributed by atoms with van der Waals surface area (Å²) >= 11 is 5.79. The lowest BCUT2D eigenvalue weighted by atomic mass is 9.79. The van der Waals surface area contributed by atoms with Gasteiger partial charge in [-0.2, -0.15) is 9.97 Å². The molecule has 3 aliphatic rings. The lowest BCUT2D eigenvalue weighted by Gasteiger charge is -2.33. The summed E-state index contributed by atoms with van der Waals surface area (Å²) in [4.78, 5) is 14.7. The van der Waals surface area contributed by atoms with Crippen LogP contribution < -0.4 is 20.4 Å². The average Bonchev–Trinajstić information content (AvgIpc) is 3.61. The summed E-state index contributed by atoms with van der Waals surface area (Å²) in [5.74, 6) is 3.17. The zero-order valence-corrected chi connectivity index (χ0v) is 23.1. The molecule has 0 amide bonds. The van der Waals surface area contributed by atoms with Gasteiger partial charge in [0.25, 0.3) is 0 Å². The van der Waals surface area contributed by atoms with E-state index in [9.17, 15) is 0 Å². The zero-order valence-electron chi connectivity index (χ0n) is 22.3. The molecule has 2 fully saturated rings. The second-order valence-electron chi connectivity index (χ2n) is 11.4. The summed E-state index contributed by atoms with van der Waals surface area (Å²) in [6, 6.07) is 21.7. The predicted octanol–water partition coefficient (Wildman–Crippen LogP) is 6.03. The molecule has 1 saturated carbocycles. The summed E-state index contributed by atoms with van der Waals surface area (Å²) in [5.41, 5.74) is 4.27. The number of rotatable bonds is 6. The number of benzene rings is 2. The molecule has 1 aromatic heterocycles. The van der Waals surface area contributed by atoms with Gasteiger partial charge < -0.3 is 20.4 Å². The van der Waals surface area contributed by atoms with Crippen LogP contribution in [0.25, 0.3) is 0 Å². The highest BCUT2D eigenvalue weighted by atomic mass is 32.1. The minimum Gasteiger partial charge on any atom is -0.361 e. The first-order valence-electron chi connectivity index (χ1n) is 14.1. The standard InChI is InChI=1S/C31H38N6S/c1-23-10-9-17-36(19-23)27-18-28(37-20-24-11-5-6-12-25(24)21-37)34-29(33-27)35-30(38)32-22-31(15-7-8-16-31)26-13-3-2-4-14-26/h2-6,11-14,18,23H,7-10,15-17,19-22H2,1H3,(H2,32,33,34,35,38)/t23-/m0/s1. The molecule has 6 nitrogen and oxygen atoms in total. The maximum Gasteiger partial charge on any atom is 0.232 e. The van der Waals surface area contributed by atoms with E-state index in [1.807, 2.05) is 0 Å². The van der Waals surface area contributed by atoms with E-state index in [-0.39, 0.29) is 5.41 Å².